The lowest BCUT2D eigenvalue weighted by atomic mass is 10.0. The van der Waals surface area contributed by atoms with Crippen molar-refractivity contribution >= 4 is 12.2 Å². The van der Waals surface area contributed by atoms with Gasteiger partial charge in [-0.25, -0.2) is 9.59 Å². The Kier molecular flexibility index (Phi) is 3.45. The molecule has 20 heavy (non-hydrogen) atoms. The third kappa shape index (κ3) is 2.68. The lowest BCUT2D eigenvalue weighted by Gasteiger charge is -2.32. The number of alkyl carbamates (subject to hydrolysis) is 1. The molecule has 1 aromatic rings. The molecule has 0 aromatic heterocycles. The summed E-state index contributed by atoms with van der Waals surface area (Å²) < 4.78 is 10.4. The first-order valence-corrected chi connectivity index (χ1v) is 6.65. The van der Waals surface area contributed by atoms with Gasteiger partial charge < -0.3 is 19.7 Å². The zero-order valence-corrected chi connectivity index (χ0v) is 11.0. The van der Waals surface area contributed by atoms with Crippen LogP contribution in [0.5, 0.6) is 0 Å². The molecule has 0 radical (unpaired) electrons. The van der Waals surface area contributed by atoms with E-state index in [4.69, 9.17) is 9.47 Å². The Hall–Kier alpha value is -2.24. The maximum atomic E-state index is 12.0. The molecule has 2 saturated heterocycles. The van der Waals surface area contributed by atoms with Gasteiger partial charge in [0.15, 0.2) is 0 Å². The Morgan fingerprint density at radius 1 is 1.40 bits per heavy atom. The summed E-state index contributed by atoms with van der Waals surface area (Å²) in [5.74, 6) is 0. The topological polar surface area (TPSA) is 67.9 Å². The van der Waals surface area contributed by atoms with E-state index in [9.17, 15) is 9.59 Å². The summed E-state index contributed by atoms with van der Waals surface area (Å²) in [5, 5.41) is 2.70. The highest BCUT2D eigenvalue weighted by atomic mass is 16.6. The number of likely N-dealkylation sites (tertiary alicyclic amines) is 1. The average Bonchev–Trinajstić information content (AvgIpc) is 2.85. The molecule has 0 saturated carbocycles. The number of carbonyl (C=O) groups excluding carboxylic acids is 2. The minimum Gasteiger partial charge on any atom is -0.445 e. The third-order valence-corrected chi connectivity index (χ3v) is 3.57. The number of hydrogen-bond donors (Lipinski definition) is 1. The van der Waals surface area contributed by atoms with E-state index in [0.29, 0.717) is 19.5 Å². The second kappa shape index (κ2) is 5.40. The van der Waals surface area contributed by atoms with Crippen molar-refractivity contribution in [2.75, 3.05) is 13.1 Å². The third-order valence-electron chi connectivity index (χ3n) is 3.57. The number of amides is 2. The molecule has 2 amide bonds. The second-order valence-corrected chi connectivity index (χ2v) is 4.97. The quantitative estimate of drug-likeness (QED) is 0.889. The van der Waals surface area contributed by atoms with E-state index in [0.717, 1.165) is 5.56 Å². The molecule has 2 aliphatic heterocycles. The first-order valence-electron chi connectivity index (χ1n) is 6.65. The smallest absolute Gasteiger partial charge is 0.410 e. The van der Waals surface area contributed by atoms with E-state index in [1.54, 1.807) is 4.90 Å². The molecule has 106 valence electrons. The lowest BCUT2D eigenvalue weighted by molar-refractivity contribution is 0.0567. The van der Waals surface area contributed by atoms with Gasteiger partial charge in [-0.15, -0.1) is 0 Å². The summed E-state index contributed by atoms with van der Waals surface area (Å²) in [6, 6.07) is 9.41. The van der Waals surface area contributed by atoms with Crippen LogP contribution < -0.4 is 5.32 Å². The van der Waals surface area contributed by atoms with Crippen LogP contribution in [-0.4, -0.2) is 42.3 Å². The van der Waals surface area contributed by atoms with E-state index >= 15 is 0 Å². The highest BCUT2D eigenvalue weighted by Gasteiger charge is 2.40. The van der Waals surface area contributed by atoms with Crippen LogP contribution in [0.1, 0.15) is 12.0 Å². The number of fused-ring (bicyclic) bond motifs is 1. The fourth-order valence-electron chi connectivity index (χ4n) is 2.51. The zero-order chi connectivity index (χ0) is 13.9. The Labute approximate surface area is 116 Å². The molecule has 6 nitrogen and oxygen atoms in total. The number of piperidine rings is 1. The van der Waals surface area contributed by atoms with Crippen LogP contribution in [0.15, 0.2) is 30.3 Å². The normalized spacial score (nSPS) is 24.6. The molecule has 3 rings (SSSR count). The molecule has 0 spiro atoms. The molecule has 2 atom stereocenters. The van der Waals surface area contributed by atoms with E-state index < -0.39 is 6.09 Å². The van der Waals surface area contributed by atoms with Gasteiger partial charge in [0.2, 0.25) is 0 Å². The van der Waals surface area contributed by atoms with Crippen LogP contribution in [-0.2, 0) is 16.1 Å². The predicted molar refractivity (Wildman–Crippen MR) is 70.0 cm³/mol. The van der Waals surface area contributed by atoms with Gasteiger partial charge in [-0.1, -0.05) is 30.3 Å². The summed E-state index contributed by atoms with van der Waals surface area (Å²) in [6.07, 6.45) is -0.238. The maximum Gasteiger partial charge on any atom is 0.410 e. The Bertz CT molecular complexity index is 505. The van der Waals surface area contributed by atoms with Crippen LogP contribution >= 0.6 is 0 Å². The van der Waals surface area contributed by atoms with Crippen molar-refractivity contribution in [2.45, 2.75) is 25.2 Å². The highest BCUT2D eigenvalue weighted by Crippen LogP contribution is 2.20. The van der Waals surface area contributed by atoms with Crippen LogP contribution in [0.3, 0.4) is 0 Å². The van der Waals surface area contributed by atoms with Gasteiger partial charge in [0, 0.05) is 19.5 Å². The van der Waals surface area contributed by atoms with Gasteiger partial charge in [0.1, 0.15) is 12.7 Å². The first-order chi connectivity index (χ1) is 9.72. The molecule has 0 unspecified atom stereocenters. The van der Waals surface area contributed by atoms with Gasteiger partial charge in [-0.3, -0.25) is 0 Å². The molecule has 2 fully saturated rings. The molecule has 1 N–H and O–H groups in total. The minimum atomic E-state index is -0.403. The lowest BCUT2D eigenvalue weighted by Crippen LogP contribution is -2.51. The Balaban J connectivity index is 1.52. The van der Waals surface area contributed by atoms with Crippen LogP contribution in [0.4, 0.5) is 9.59 Å². The SMILES string of the molecule is O=C1N[C@H]2CN(C(=O)OCc3ccccc3)CC[C@@H]2O1. The standard InChI is InChI=1S/C14H16N2O4/c17-13-15-11-8-16(7-6-12(11)20-13)14(18)19-9-10-4-2-1-3-5-10/h1-5,11-12H,6-9H2,(H,15,17)/t11-,12-/m0/s1. The van der Waals surface area contributed by atoms with Crippen molar-refractivity contribution in [3.8, 4) is 0 Å². The van der Waals surface area contributed by atoms with Crippen LogP contribution in [0.25, 0.3) is 0 Å². The summed E-state index contributed by atoms with van der Waals surface area (Å²) in [4.78, 5) is 24.7. The first kappa shape index (κ1) is 12.8. The monoisotopic (exact) mass is 276 g/mol. The molecule has 2 aliphatic rings. The van der Waals surface area contributed by atoms with Gasteiger partial charge >= 0.3 is 12.2 Å². The molecule has 2 heterocycles. The van der Waals surface area contributed by atoms with E-state index in [1.165, 1.54) is 0 Å². The minimum absolute atomic E-state index is 0.124. The van der Waals surface area contributed by atoms with Crippen molar-refractivity contribution in [2.24, 2.45) is 0 Å². The fraction of sp³-hybridized carbons (Fsp3) is 0.429. The van der Waals surface area contributed by atoms with Gasteiger partial charge in [-0.05, 0) is 5.56 Å². The van der Waals surface area contributed by atoms with Crippen molar-refractivity contribution in [3.63, 3.8) is 0 Å². The molecule has 0 aliphatic carbocycles. The average molecular weight is 276 g/mol. The van der Waals surface area contributed by atoms with Crippen molar-refractivity contribution in [1.82, 2.24) is 10.2 Å². The number of hydrogen-bond acceptors (Lipinski definition) is 4. The summed E-state index contributed by atoms with van der Waals surface area (Å²) in [6.45, 7) is 1.24. The van der Waals surface area contributed by atoms with Gasteiger partial charge in [0.25, 0.3) is 0 Å². The van der Waals surface area contributed by atoms with Crippen molar-refractivity contribution in [3.05, 3.63) is 35.9 Å². The fourth-order valence-corrected chi connectivity index (χ4v) is 2.51. The number of nitrogens with zero attached hydrogens (tertiary/aromatic N) is 1. The second-order valence-electron chi connectivity index (χ2n) is 4.97. The summed E-state index contributed by atoms with van der Waals surface area (Å²) >= 11 is 0. The van der Waals surface area contributed by atoms with Gasteiger partial charge in [-0.2, -0.15) is 0 Å². The van der Waals surface area contributed by atoms with Crippen molar-refractivity contribution in [1.29, 1.82) is 0 Å². The number of benzene rings is 1. The van der Waals surface area contributed by atoms with E-state index in [2.05, 4.69) is 5.32 Å². The van der Waals surface area contributed by atoms with Crippen molar-refractivity contribution < 1.29 is 19.1 Å². The van der Waals surface area contributed by atoms with Crippen LogP contribution in [0.2, 0.25) is 0 Å². The van der Waals surface area contributed by atoms with E-state index in [1.807, 2.05) is 30.3 Å². The predicted octanol–water partition coefficient (Wildman–Crippen LogP) is 1.51. The van der Waals surface area contributed by atoms with Gasteiger partial charge in [0.05, 0.1) is 6.04 Å². The Morgan fingerprint density at radius 2 is 2.20 bits per heavy atom. The number of rotatable bonds is 2. The molecule has 1 aromatic carbocycles. The molecule has 6 heteroatoms. The number of nitrogens with one attached hydrogen (secondary N) is 1. The molecular weight excluding hydrogens is 260 g/mol. The zero-order valence-electron chi connectivity index (χ0n) is 11.0. The highest BCUT2D eigenvalue weighted by molar-refractivity contribution is 5.71. The molecule has 0 bridgehead atoms. The Morgan fingerprint density at radius 3 is 3.00 bits per heavy atom. The number of carbonyl (C=O) groups is 2. The van der Waals surface area contributed by atoms with Crippen LogP contribution in [0, 0.1) is 0 Å². The largest absolute Gasteiger partial charge is 0.445 e. The number of ether oxygens (including phenoxy) is 2. The molecular formula is C14H16N2O4. The summed E-state index contributed by atoms with van der Waals surface area (Å²) in [5.41, 5.74) is 0.952. The van der Waals surface area contributed by atoms with E-state index in [-0.39, 0.29) is 24.8 Å². The maximum absolute atomic E-state index is 12.0. The summed E-state index contributed by atoms with van der Waals surface area (Å²) in [7, 11) is 0.